The van der Waals surface area contributed by atoms with Crippen molar-refractivity contribution in [1.29, 1.82) is 5.26 Å². The van der Waals surface area contributed by atoms with E-state index in [0.717, 1.165) is 25.9 Å². The summed E-state index contributed by atoms with van der Waals surface area (Å²) in [5, 5.41) is 9.05. The van der Waals surface area contributed by atoms with E-state index in [-0.39, 0.29) is 5.91 Å². The van der Waals surface area contributed by atoms with E-state index in [1.807, 2.05) is 4.90 Å². The summed E-state index contributed by atoms with van der Waals surface area (Å²) >= 11 is 0. The topological polar surface area (TPSA) is 44.1 Å². The van der Waals surface area contributed by atoms with Crippen molar-refractivity contribution in [1.82, 2.24) is 4.90 Å². The zero-order chi connectivity index (χ0) is 12.3. The first kappa shape index (κ1) is 13.0. The highest BCUT2D eigenvalue weighted by molar-refractivity contribution is 5.88. The van der Waals surface area contributed by atoms with Crippen molar-refractivity contribution in [3.8, 4) is 6.07 Å². The van der Waals surface area contributed by atoms with Crippen LogP contribution in [-0.4, -0.2) is 23.9 Å². The lowest BCUT2D eigenvalue weighted by Gasteiger charge is -2.28. The molecule has 0 spiro atoms. The molecule has 3 nitrogen and oxygen atoms in total. The van der Waals surface area contributed by atoms with Gasteiger partial charge in [-0.25, -0.2) is 0 Å². The fourth-order valence-corrected chi connectivity index (χ4v) is 1.92. The second-order valence-corrected chi connectivity index (χ2v) is 5.69. The Morgan fingerprint density at radius 2 is 1.69 bits per heavy atom. The highest BCUT2D eigenvalue weighted by Gasteiger charge is 2.52. The fraction of sp³-hybridized carbons (Fsp3) is 0.846. The van der Waals surface area contributed by atoms with Crippen LogP contribution in [0.15, 0.2) is 0 Å². The third kappa shape index (κ3) is 2.98. The summed E-state index contributed by atoms with van der Waals surface area (Å²) in [6.45, 7) is 9.94. The average molecular weight is 222 g/mol. The second kappa shape index (κ2) is 4.86. The van der Waals surface area contributed by atoms with Crippen molar-refractivity contribution in [3.63, 3.8) is 0 Å². The maximum Gasteiger partial charge on any atom is 0.243 e. The van der Waals surface area contributed by atoms with Crippen molar-refractivity contribution in [2.75, 3.05) is 13.1 Å². The molecule has 0 aliphatic heterocycles. The Morgan fingerprint density at radius 3 is 1.94 bits per heavy atom. The van der Waals surface area contributed by atoms with Crippen LogP contribution in [0.3, 0.4) is 0 Å². The van der Waals surface area contributed by atoms with E-state index in [9.17, 15) is 4.79 Å². The minimum absolute atomic E-state index is 0.0531. The molecule has 1 saturated carbocycles. The highest BCUT2D eigenvalue weighted by Crippen LogP contribution is 2.46. The maximum atomic E-state index is 12.2. The van der Waals surface area contributed by atoms with Crippen LogP contribution in [0.5, 0.6) is 0 Å². The summed E-state index contributed by atoms with van der Waals surface area (Å²) in [6, 6.07) is 2.19. The molecule has 90 valence electrons. The predicted octanol–water partition coefficient (Wildman–Crippen LogP) is 2.43. The lowest BCUT2D eigenvalue weighted by molar-refractivity contribution is -0.136. The van der Waals surface area contributed by atoms with Gasteiger partial charge in [0.2, 0.25) is 5.91 Å². The lowest BCUT2D eigenvalue weighted by atomic mass is 10.0. The summed E-state index contributed by atoms with van der Waals surface area (Å²) in [7, 11) is 0. The number of carbonyl (C=O) groups is 1. The largest absolute Gasteiger partial charge is 0.341 e. The van der Waals surface area contributed by atoms with Crippen LogP contribution in [0.2, 0.25) is 0 Å². The molecule has 3 heteroatoms. The van der Waals surface area contributed by atoms with Crippen LogP contribution in [-0.2, 0) is 4.79 Å². The number of hydrogen-bond acceptors (Lipinski definition) is 2. The smallest absolute Gasteiger partial charge is 0.243 e. The molecule has 0 aromatic rings. The van der Waals surface area contributed by atoms with Gasteiger partial charge in [0.05, 0.1) is 6.07 Å². The van der Waals surface area contributed by atoms with E-state index in [4.69, 9.17) is 5.26 Å². The number of hydrogen-bond donors (Lipinski definition) is 0. The van der Waals surface area contributed by atoms with Gasteiger partial charge in [-0.3, -0.25) is 4.79 Å². The number of rotatable bonds is 5. The molecule has 1 amide bonds. The summed E-state index contributed by atoms with van der Waals surface area (Å²) in [6.07, 6.45) is 1.49. The summed E-state index contributed by atoms with van der Waals surface area (Å²) < 4.78 is 0. The van der Waals surface area contributed by atoms with Crippen LogP contribution < -0.4 is 0 Å². The fourth-order valence-electron chi connectivity index (χ4n) is 1.92. The zero-order valence-electron chi connectivity index (χ0n) is 10.8. The van der Waals surface area contributed by atoms with Gasteiger partial charge in [-0.2, -0.15) is 5.26 Å². The maximum absolute atomic E-state index is 12.2. The Hall–Kier alpha value is -1.04. The van der Waals surface area contributed by atoms with Gasteiger partial charge in [-0.1, -0.05) is 27.7 Å². The van der Waals surface area contributed by atoms with Crippen LogP contribution in [0.1, 0.15) is 40.5 Å². The van der Waals surface area contributed by atoms with Crippen molar-refractivity contribution < 1.29 is 4.79 Å². The van der Waals surface area contributed by atoms with E-state index in [1.165, 1.54) is 0 Å². The van der Waals surface area contributed by atoms with E-state index in [0.29, 0.717) is 11.8 Å². The van der Waals surface area contributed by atoms with Crippen molar-refractivity contribution in [2.24, 2.45) is 17.3 Å². The predicted molar refractivity (Wildman–Crippen MR) is 63.5 cm³/mol. The van der Waals surface area contributed by atoms with Gasteiger partial charge in [-0.05, 0) is 24.7 Å². The average Bonchev–Trinajstić information content (AvgIpc) is 2.94. The number of carbonyl (C=O) groups excluding carboxylic acids is 1. The Labute approximate surface area is 98.4 Å². The minimum atomic E-state index is -0.663. The third-order valence-corrected chi connectivity index (χ3v) is 2.83. The number of nitrogens with zero attached hydrogens (tertiary/aromatic N) is 2. The van der Waals surface area contributed by atoms with Gasteiger partial charge < -0.3 is 4.90 Å². The molecule has 1 aliphatic rings. The molecule has 0 saturated heterocycles. The Morgan fingerprint density at radius 1 is 1.25 bits per heavy atom. The molecule has 1 aliphatic carbocycles. The van der Waals surface area contributed by atoms with Gasteiger partial charge in [0.15, 0.2) is 0 Å². The van der Waals surface area contributed by atoms with E-state index in [1.54, 1.807) is 0 Å². The monoisotopic (exact) mass is 222 g/mol. The van der Waals surface area contributed by atoms with E-state index < -0.39 is 5.41 Å². The molecule has 0 atom stereocenters. The molecule has 0 aromatic heterocycles. The van der Waals surface area contributed by atoms with Gasteiger partial charge >= 0.3 is 0 Å². The molecule has 0 aromatic carbocycles. The van der Waals surface area contributed by atoms with Crippen LogP contribution >= 0.6 is 0 Å². The zero-order valence-corrected chi connectivity index (χ0v) is 10.8. The standard InChI is InChI=1S/C13H22N2O/c1-10(2)7-15(8-11(3)4)12(16)13(9-14)5-6-13/h10-11H,5-8H2,1-4H3. The molecule has 0 unspecified atom stereocenters. The third-order valence-electron chi connectivity index (χ3n) is 2.83. The van der Waals surface area contributed by atoms with Crippen molar-refractivity contribution in [2.45, 2.75) is 40.5 Å². The van der Waals surface area contributed by atoms with Gasteiger partial charge in [-0.15, -0.1) is 0 Å². The molecular weight excluding hydrogens is 200 g/mol. The summed E-state index contributed by atoms with van der Waals surface area (Å²) in [5.41, 5.74) is -0.663. The first-order valence-corrected chi connectivity index (χ1v) is 6.12. The first-order valence-electron chi connectivity index (χ1n) is 6.12. The SMILES string of the molecule is CC(C)CN(CC(C)C)C(=O)C1(C#N)CC1. The normalized spacial score (nSPS) is 17.3. The Balaban J connectivity index is 2.69. The van der Waals surface area contributed by atoms with Crippen molar-refractivity contribution in [3.05, 3.63) is 0 Å². The first-order chi connectivity index (χ1) is 7.41. The van der Waals surface area contributed by atoms with Crippen LogP contribution in [0, 0.1) is 28.6 Å². The van der Waals surface area contributed by atoms with Gasteiger partial charge in [0.1, 0.15) is 5.41 Å². The van der Waals surface area contributed by atoms with Gasteiger partial charge in [0, 0.05) is 13.1 Å². The quantitative estimate of drug-likeness (QED) is 0.717. The lowest BCUT2D eigenvalue weighted by Crippen LogP contribution is -2.41. The van der Waals surface area contributed by atoms with Crippen LogP contribution in [0.4, 0.5) is 0 Å². The Bertz CT molecular complexity index is 288. The van der Waals surface area contributed by atoms with Crippen LogP contribution in [0.25, 0.3) is 0 Å². The van der Waals surface area contributed by atoms with Crippen molar-refractivity contribution >= 4 is 5.91 Å². The molecular formula is C13H22N2O. The number of nitriles is 1. The summed E-state index contributed by atoms with van der Waals surface area (Å²) in [5.74, 6) is 0.965. The molecule has 0 radical (unpaired) electrons. The summed E-state index contributed by atoms with van der Waals surface area (Å²) in [4.78, 5) is 14.1. The Kier molecular flexibility index (Phi) is 3.96. The molecule has 0 N–H and O–H groups in total. The second-order valence-electron chi connectivity index (χ2n) is 5.69. The minimum Gasteiger partial charge on any atom is -0.341 e. The van der Waals surface area contributed by atoms with E-state index >= 15 is 0 Å². The molecule has 16 heavy (non-hydrogen) atoms. The molecule has 1 fully saturated rings. The molecule has 1 rings (SSSR count). The highest BCUT2D eigenvalue weighted by atomic mass is 16.2. The molecule has 0 heterocycles. The molecule has 0 bridgehead atoms. The van der Waals surface area contributed by atoms with E-state index in [2.05, 4.69) is 33.8 Å². The number of amides is 1. The van der Waals surface area contributed by atoms with Gasteiger partial charge in [0.25, 0.3) is 0 Å².